The highest BCUT2D eigenvalue weighted by atomic mass is 19.4. The van der Waals surface area contributed by atoms with Crippen molar-refractivity contribution in [3.63, 3.8) is 0 Å². The van der Waals surface area contributed by atoms with Crippen LogP contribution in [0.2, 0.25) is 0 Å². The topological polar surface area (TPSA) is 69.0 Å². The van der Waals surface area contributed by atoms with Crippen LogP contribution in [0.1, 0.15) is 38.3 Å². The van der Waals surface area contributed by atoms with Gasteiger partial charge in [-0.2, -0.15) is 10.1 Å². The standard InChI is InChI=1S/C18H17F3N4O2/c1-17(2)7-12-14(13(26)8-17)15(25-16(24-12)22-9-23-25)10-3-5-11(6-4-10)27-18(19,20)21/h3-6,9,15H,7-8H2,1-2H3,(H,22,23,24). The van der Waals surface area contributed by atoms with Gasteiger partial charge >= 0.3 is 6.36 Å². The van der Waals surface area contributed by atoms with Crippen LogP contribution in [0.4, 0.5) is 19.1 Å². The van der Waals surface area contributed by atoms with E-state index in [1.54, 1.807) is 4.68 Å². The minimum Gasteiger partial charge on any atom is -0.406 e. The van der Waals surface area contributed by atoms with Gasteiger partial charge in [0, 0.05) is 17.7 Å². The van der Waals surface area contributed by atoms with Crippen LogP contribution >= 0.6 is 0 Å². The Morgan fingerprint density at radius 2 is 1.93 bits per heavy atom. The van der Waals surface area contributed by atoms with Crippen LogP contribution in [-0.4, -0.2) is 26.9 Å². The molecule has 9 heteroatoms. The highest BCUT2D eigenvalue weighted by Crippen LogP contribution is 2.45. The third kappa shape index (κ3) is 3.29. The number of nitrogens with one attached hydrogen (secondary N) is 1. The monoisotopic (exact) mass is 378 g/mol. The summed E-state index contributed by atoms with van der Waals surface area (Å²) in [5, 5.41) is 7.39. The fourth-order valence-corrected chi connectivity index (χ4v) is 3.71. The molecule has 1 aromatic heterocycles. The fourth-order valence-electron chi connectivity index (χ4n) is 3.71. The number of anilines is 1. The lowest BCUT2D eigenvalue weighted by atomic mass is 9.73. The maximum absolute atomic E-state index is 12.9. The van der Waals surface area contributed by atoms with E-state index in [1.807, 2.05) is 13.8 Å². The average molecular weight is 378 g/mol. The molecule has 1 aromatic carbocycles. The number of hydrogen-bond acceptors (Lipinski definition) is 5. The Hall–Kier alpha value is -2.84. The van der Waals surface area contributed by atoms with Gasteiger partial charge in [-0.3, -0.25) is 4.79 Å². The second-order valence-corrected chi connectivity index (χ2v) is 7.51. The number of benzene rings is 1. The molecule has 2 aromatic rings. The molecule has 1 aliphatic heterocycles. The zero-order valence-corrected chi connectivity index (χ0v) is 14.7. The molecule has 0 radical (unpaired) electrons. The van der Waals surface area contributed by atoms with Crippen molar-refractivity contribution in [2.24, 2.45) is 5.41 Å². The number of fused-ring (bicyclic) bond motifs is 1. The summed E-state index contributed by atoms with van der Waals surface area (Å²) in [5.74, 6) is 0.180. The lowest BCUT2D eigenvalue weighted by Gasteiger charge is -2.38. The summed E-state index contributed by atoms with van der Waals surface area (Å²) in [4.78, 5) is 17.1. The number of aromatic nitrogens is 3. The molecule has 1 aliphatic carbocycles. The summed E-state index contributed by atoms with van der Waals surface area (Å²) in [6.45, 7) is 4.04. The number of halogens is 3. The molecule has 0 saturated heterocycles. The molecule has 4 rings (SSSR count). The lowest BCUT2D eigenvalue weighted by molar-refractivity contribution is -0.274. The van der Waals surface area contributed by atoms with Crippen LogP contribution < -0.4 is 10.1 Å². The zero-order chi connectivity index (χ0) is 19.4. The summed E-state index contributed by atoms with van der Waals surface area (Å²) in [6, 6.07) is 4.96. The number of carbonyl (C=O) groups excluding carboxylic acids is 1. The van der Waals surface area contributed by atoms with Gasteiger partial charge in [0.25, 0.3) is 0 Å². The van der Waals surface area contributed by atoms with E-state index in [1.165, 1.54) is 30.6 Å². The highest BCUT2D eigenvalue weighted by molar-refractivity contribution is 6.00. The number of allylic oxidation sites excluding steroid dienone is 2. The van der Waals surface area contributed by atoms with E-state index in [9.17, 15) is 18.0 Å². The van der Waals surface area contributed by atoms with Crippen LogP contribution in [0.25, 0.3) is 0 Å². The third-order valence-corrected chi connectivity index (χ3v) is 4.70. The second kappa shape index (κ2) is 5.83. The van der Waals surface area contributed by atoms with Crippen molar-refractivity contribution >= 4 is 11.7 Å². The minimum atomic E-state index is -4.75. The van der Waals surface area contributed by atoms with E-state index in [4.69, 9.17) is 0 Å². The second-order valence-electron chi connectivity index (χ2n) is 7.51. The van der Waals surface area contributed by atoms with E-state index in [-0.39, 0.29) is 16.9 Å². The Labute approximate surface area is 153 Å². The van der Waals surface area contributed by atoms with E-state index in [0.717, 1.165) is 5.70 Å². The summed E-state index contributed by atoms with van der Waals surface area (Å²) in [7, 11) is 0. The van der Waals surface area contributed by atoms with Crippen LogP contribution in [0.3, 0.4) is 0 Å². The predicted molar refractivity (Wildman–Crippen MR) is 90.0 cm³/mol. The van der Waals surface area contributed by atoms with Crippen LogP contribution in [0.15, 0.2) is 41.9 Å². The molecule has 0 amide bonds. The molecule has 1 unspecified atom stereocenters. The number of ketones is 1. The molecule has 2 aliphatic rings. The number of alkyl halides is 3. The minimum absolute atomic E-state index is 0.00415. The van der Waals surface area contributed by atoms with E-state index in [2.05, 4.69) is 20.1 Å². The summed E-state index contributed by atoms with van der Waals surface area (Å²) in [6.07, 6.45) is -2.31. The first-order valence-corrected chi connectivity index (χ1v) is 8.41. The molecule has 0 fully saturated rings. The van der Waals surface area contributed by atoms with E-state index < -0.39 is 12.4 Å². The van der Waals surface area contributed by atoms with Crippen LogP contribution in [-0.2, 0) is 4.79 Å². The van der Waals surface area contributed by atoms with Crippen molar-refractivity contribution in [2.75, 3.05) is 5.32 Å². The van der Waals surface area contributed by atoms with Gasteiger partial charge in [-0.15, -0.1) is 13.2 Å². The number of nitrogens with zero attached hydrogens (tertiary/aromatic N) is 3. The Kier molecular flexibility index (Phi) is 3.79. The van der Waals surface area contributed by atoms with Gasteiger partial charge < -0.3 is 10.1 Å². The van der Waals surface area contributed by atoms with Crippen molar-refractivity contribution in [3.8, 4) is 5.75 Å². The zero-order valence-electron chi connectivity index (χ0n) is 14.7. The summed E-state index contributed by atoms with van der Waals surface area (Å²) < 4.78 is 42.7. The largest absolute Gasteiger partial charge is 0.573 e. The third-order valence-electron chi connectivity index (χ3n) is 4.70. The molecular formula is C18H17F3N4O2. The van der Waals surface area contributed by atoms with E-state index in [0.29, 0.717) is 29.9 Å². The molecule has 1 atom stereocenters. The van der Waals surface area contributed by atoms with E-state index >= 15 is 0 Å². The Balaban J connectivity index is 1.76. The summed E-state index contributed by atoms with van der Waals surface area (Å²) in [5.41, 5.74) is 1.83. The van der Waals surface area contributed by atoms with Crippen molar-refractivity contribution in [3.05, 3.63) is 47.4 Å². The van der Waals surface area contributed by atoms with Crippen molar-refractivity contribution in [1.82, 2.24) is 14.8 Å². The molecule has 0 spiro atoms. The smallest absolute Gasteiger partial charge is 0.406 e. The first kappa shape index (κ1) is 17.6. The molecule has 6 nitrogen and oxygen atoms in total. The lowest BCUT2D eigenvalue weighted by Crippen LogP contribution is -2.36. The first-order chi connectivity index (χ1) is 12.6. The van der Waals surface area contributed by atoms with Gasteiger partial charge in [-0.05, 0) is 29.5 Å². The summed E-state index contributed by atoms with van der Waals surface area (Å²) >= 11 is 0. The van der Waals surface area contributed by atoms with Gasteiger partial charge in [0.15, 0.2) is 5.78 Å². The van der Waals surface area contributed by atoms with Crippen molar-refractivity contribution in [2.45, 2.75) is 39.1 Å². The molecule has 0 saturated carbocycles. The Morgan fingerprint density at radius 1 is 1.22 bits per heavy atom. The van der Waals surface area contributed by atoms with Crippen LogP contribution in [0.5, 0.6) is 5.75 Å². The van der Waals surface area contributed by atoms with Gasteiger partial charge in [-0.1, -0.05) is 26.0 Å². The maximum atomic E-state index is 12.9. The first-order valence-electron chi connectivity index (χ1n) is 8.41. The number of Topliss-reactive ketones (excluding diaryl/α,β-unsaturated/α-hetero) is 1. The van der Waals surface area contributed by atoms with Gasteiger partial charge in [-0.25, -0.2) is 4.68 Å². The Morgan fingerprint density at radius 3 is 2.59 bits per heavy atom. The SMILES string of the molecule is CC1(C)CC(=O)C2=C(C1)Nc1ncnn1C2c1ccc(OC(F)(F)F)cc1. The fraction of sp³-hybridized carbons (Fsp3) is 0.389. The maximum Gasteiger partial charge on any atom is 0.573 e. The molecular weight excluding hydrogens is 361 g/mol. The molecule has 0 bridgehead atoms. The molecule has 142 valence electrons. The van der Waals surface area contributed by atoms with Crippen molar-refractivity contribution < 1.29 is 22.7 Å². The average Bonchev–Trinajstić information content (AvgIpc) is 2.99. The highest BCUT2D eigenvalue weighted by Gasteiger charge is 2.41. The Bertz CT molecular complexity index is 929. The number of hydrogen-bond donors (Lipinski definition) is 1. The predicted octanol–water partition coefficient (Wildman–Crippen LogP) is 3.83. The molecule has 1 N–H and O–H groups in total. The van der Waals surface area contributed by atoms with Gasteiger partial charge in [0.1, 0.15) is 18.1 Å². The van der Waals surface area contributed by atoms with Gasteiger partial charge in [0.2, 0.25) is 5.95 Å². The number of rotatable bonds is 2. The number of ether oxygens (including phenoxy) is 1. The van der Waals surface area contributed by atoms with Crippen LogP contribution in [0, 0.1) is 5.41 Å². The quantitative estimate of drug-likeness (QED) is 0.860. The molecule has 2 heterocycles. The molecule has 27 heavy (non-hydrogen) atoms. The number of carbonyl (C=O) groups is 1. The normalized spacial score (nSPS) is 21.4. The van der Waals surface area contributed by atoms with Gasteiger partial charge in [0.05, 0.1) is 0 Å². The van der Waals surface area contributed by atoms with Crippen molar-refractivity contribution in [1.29, 1.82) is 0 Å².